The van der Waals surface area contributed by atoms with Crippen LogP contribution in [-0.2, 0) is 28.5 Å². The number of allylic oxidation sites excluding steroid dienone is 1. The van der Waals surface area contributed by atoms with Gasteiger partial charge in [-0.05, 0) is 35.8 Å². The molecule has 1 unspecified atom stereocenters. The van der Waals surface area contributed by atoms with Crippen molar-refractivity contribution in [3.05, 3.63) is 22.8 Å². The third-order valence-corrected chi connectivity index (χ3v) is 5.14. The number of carbonyl (C=O) groups is 2. The Labute approximate surface area is 142 Å². The second-order valence-corrected chi connectivity index (χ2v) is 6.82. The minimum absolute atomic E-state index is 0.298. The molecular weight excluding hydrogens is 312 g/mol. The smallest absolute Gasteiger partial charge is 0.323 e. The average Bonchev–Trinajstić information content (AvgIpc) is 2.87. The molecule has 1 saturated carbocycles. The van der Waals surface area contributed by atoms with E-state index in [-0.39, 0.29) is 5.41 Å². The summed E-state index contributed by atoms with van der Waals surface area (Å²) in [5, 5.41) is 0. The molecule has 6 nitrogen and oxygen atoms in total. The lowest BCUT2D eigenvalue weighted by Crippen LogP contribution is -2.40. The Kier molecular flexibility index (Phi) is 5.50. The van der Waals surface area contributed by atoms with Crippen LogP contribution >= 0.6 is 0 Å². The van der Waals surface area contributed by atoms with E-state index >= 15 is 0 Å². The van der Waals surface area contributed by atoms with E-state index in [1.165, 1.54) is 14.2 Å². The Hall–Kier alpha value is -1.66. The van der Waals surface area contributed by atoms with Crippen molar-refractivity contribution >= 4 is 11.9 Å². The van der Waals surface area contributed by atoms with Crippen molar-refractivity contribution in [1.29, 1.82) is 0 Å². The van der Waals surface area contributed by atoms with Crippen LogP contribution < -0.4 is 0 Å². The molecule has 134 valence electrons. The van der Waals surface area contributed by atoms with Crippen LogP contribution in [0.3, 0.4) is 0 Å². The van der Waals surface area contributed by atoms with Crippen molar-refractivity contribution in [3.8, 4) is 0 Å². The SMILES string of the molecule is COCC1=C(COC)CC2(C)CC(C(=O)OC)(C(=O)OC)CC2=C1. The zero-order valence-electron chi connectivity index (χ0n) is 15.1. The van der Waals surface area contributed by atoms with Gasteiger partial charge >= 0.3 is 11.9 Å². The highest BCUT2D eigenvalue weighted by molar-refractivity contribution is 6.01. The van der Waals surface area contributed by atoms with E-state index in [2.05, 4.69) is 13.0 Å². The molecule has 24 heavy (non-hydrogen) atoms. The molecule has 0 aromatic rings. The summed E-state index contributed by atoms with van der Waals surface area (Å²) in [5.74, 6) is -1.07. The summed E-state index contributed by atoms with van der Waals surface area (Å²) in [4.78, 5) is 24.8. The van der Waals surface area contributed by atoms with Gasteiger partial charge in [0.1, 0.15) is 0 Å². The lowest BCUT2D eigenvalue weighted by Gasteiger charge is -2.33. The van der Waals surface area contributed by atoms with Gasteiger partial charge in [0.25, 0.3) is 0 Å². The number of hydrogen-bond donors (Lipinski definition) is 0. The van der Waals surface area contributed by atoms with Crippen molar-refractivity contribution in [1.82, 2.24) is 0 Å². The molecule has 2 aliphatic rings. The van der Waals surface area contributed by atoms with Gasteiger partial charge in [0.2, 0.25) is 0 Å². The average molecular weight is 338 g/mol. The van der Waals surface area contributed by atoms with E-state index in [4.69, 9.17) is 18.9 Å². The highest BCUT2D eigenvalue weighted by Crippen LogP contribution is 2.58. The van der Waals surface area contributed by atoms with E-state index in [1.807, 2.05) is 0 Å². The maximum Gasteiger partial charge on any atom is 0.323 e. The highest BCUT2D eigenvalue weighted by Gasteiger charge is 2.60. The predicted molar refractivity (Wildman–Crippen MR) is 87.3 cm³/mol. The van der Waals surface area contributed by atoms with Crippen LogP contribution in [0.15, 0.2) is 22.8 Å². The molecule has 2 aliphatic carbocycles. The van der Waals surface area contributed by atoms with Gasteiger partial charge in [-0.15, -0.1) is 0 Å². The standard InChI is InChI=1S/C18H26O6/c1-17-7-13(10-22-3)12(9-21-2)6-14(17)8-18(11-17,15(19)23-4)16(20)24-5/h6H,7-11H2,1-5H3. The Balaban J connectivity index is 2.44. The number of methoxy groups -OCH3 is 4. The van der Waals surface area contributed by atoms with Crippen LogP contribution in [0.4, 0.5) is 0 Å². The van der Waals surface area contributed by atoms with Gasteiger partial charge in [-0.25, -0.2) is 0 Å². The Morgan fingerprint density at radius 1 is 1.00 bits per heavy atom. The number of fused-ring (bicyclic) bond motifs is 1. The fourth-order valence-corrected chi connectivity index (χ4v) is 4.06. The van der Waals surface area contributed by atoms with E-state index in [1.54, 1.807) is 14.2 Å². The zero-order chi connectivity index (χ0) is 18.0. The Morgan fingerprint density at radius 3 is 2.08 bits per heavy atom. The van der Waals surface area contributed by atoms with Gasteiger partial charge in [-0.2, -0.15) is 0 Å². The van der Waals surface area contributed by atoms with Gasteiger partial charge in [0.05, 0.1) is 27.4 Å². The number of esters is 2. The molecule has 0 radical (unpaired) electrons. The van der Waals surface area contributed by atoms with Crippen LogP contribution in [0.25, 0.3) is 0 Å². The molecule has 0 N–H and O–H groups in total. The van der Waals surface area contributed by atoms with E-state index in [0.29, 0.717) is 26.1 Å². The first-order valence-electron chi connectivity index (χ1n) is 7.93. The first kappa shape index (κ1) is 18.7. The van der Waals surface area contributed by atoms with Crippen molar-refractivity contribution < 1.29 is 28.5 Å². The molecular formula is C18H26O6. The summed E-state index contributed by atoms with van der Waals surface area (Å²) in [6.07, 6.45) is 3.46. The molecule has 0 aliphatic heterocycles. The van der Waals surface area contributed by atoms with Crippen molar-refractivity contribution in [3.63, 3.8) is 0 Å². The van der Waals surface area contributed by atoms with Crippen LogP contribution in [0.2, 0.25) is 0 Å². The third-order valence-electron chi connectivity index (χ3n) is 5.14. The molecule has 6 heteroatoms. The van der Waals surface area contributed by atoms with Crippen molar-refractivity contribution in [2.75, 3.05) is 41.7 Å². The largest absolute Gasteiger partial charge is 0.468 e. The molecule has 1 fully saturated rings. The molecule has 0 heterocycles. The fourth-order valence-electron chi connectivity index (χ4n) is 4.06. The van der Waals surface area contributed by atoms with E-state index < -0.39 is 17.4 Å². The first-order valence-corrected chi connectivity index (χ1v) is 7.93. The normalized spacial score (nSPS) is 25.1. The zero-order valence-corrected chi connectivity index (χ0v) is 15.1. The topological polar surface area (TPSA) is 71.1 Å². The summed E-state index contributed by atoms with van der Waals surface area (Å²) >= 11 is 0. The second kappa shape index (κ2) is 7.07. The van der Waals surface area contributed by atoms with Gasteiger partial charge in [-0.1, -0.05) is 18.6 Å². The molecule has 1 atom stereocenters. The van der Waals surface area contributed by atoms with Crippen LogP contribution in [0, 0.1) is 10.8 Å². The summed E-state index contributed by atoms with van der Waals surface area (Å²) in [6, 6.07) is 0. The number of ether oxygens (including phenoxy) is 4. The van der Waals surface area contributed by atoms with Gasteiger partial charge < -0.3 is 18.9 Å². The highest BCUT2D eigenvalue weighted by atomic mass is 16.5. The molecule has 0 amide bonds. The monoisotopic (exact) mass is 338 g/mol. The second-order valence-electron chi connectivity index (χ2n) is 6.82. The molecule has 2 rings (SSSR count). The maximum atomic E-state index is 12.4. The van der Waals surface area contributed by atoms with Crippen LogP contribution in [-0.4, -0.2) is 53.6 Å². The molecule has 0 aromatic carbocycles. The Bertz CT molecular complexity index is 572. The lowest BCUT2D eigenvalue weighted by molar-refractivity contribution is -0.169. The van der Waals surface area contributed by atoms with Gasteiger partial charge in [-0.3, -0.25) is 9.59 Å². The van der Waals surface area contributed by atoms with Crippen LogP contribution in [0.5, 0.6) is 0 Å². The fraction of sp³-hybridized carbons (Fsp3) is 0.667. The number of carbonyl (C=O) groups excluding carboxylic acids is 2. The summed E-state index contributed by atoms with van der Waals surface area (Å²) in [6.45, 7) is 3.05. The summed E-state index contributed by atoms with van der Waals surface area (Å²) in [7, 11) is 5.90. The quantitative estimate of drug-likeness (QED) is 0.545. The van der Waals surface area contributed by atoms with E-state index in [9.17, 15) is 9.59 Å². The Morgan fingerprint density at radius 2 is 1.58 bits per heavy atom. The first-order chi connectivity index (χ1) is 11.4. The summed E-state index contributed by atoms with van der Waals surface area (Å²) < 4.78 is 20.5. The maximum absolute atomic E-state index is 12.4. The number of rotatable bonds is 6. The number of hydrogen-bond acceptors (Lipinski definition) is 6. The van der Waals surface area contributed by atoms with Crippen molar-refractivity contribution in [2.24, 2.45) is 10.8 Å². The predicted octanol–water partition coefficient (Wildman–Crippen LogP) is 2.04. The van der Waals surface area contributed by atoms with Gasteiger partial charge in [0, 0.05) is 14.2 Å². The lowest BCUT2D eigenvalue weighted by atomic mass is 9.72. The molecule has 0 bridgehead atoms. The molecule has 0 saturated heterocycles. The van der Waals surface area contributed by atoms with Crippen molar-refractivity contribution in [2.45, 2.75) is 26.2 Å². The minimum Gasteiger partial charge on any atom is -0.468 e. The minimum atomic E-state index is -1.27. The van der Waals surface area contributed by atoms with Crippen LogP contribution in [0.1, 0.15) is 26.2 Å². The van der Waals surface area contributed by atoms with Gasteiger partial charge in [0.15, 0.2) is 5.41 Å². The third kappa shape index (κ3) is 3.00. The molecule has 0 spiro atoms. The van der Waals surface area contributed by atoms with E-state index in [0.717, 1.165) is 23.1 Å². The summed E-state index contributed by atoms with van der Waals surface area (Å²) in [5.41, 5.74) is 1.68. The molecule has 0 aromatic heterocycles.